The minimum atomic E-state index is -0.824. The Kier molecular flexibility index (Phi) is 5.85. The molecule has 0 fully saturated rings. The number of nitrogens with two attached hydrogens (primary N) is 1. The van der Waals surface area contributed by atoms with Crippen LogP contribution in [0.15, 0.2) is 29.2 Å². The van der Waals surface area contributed by atoms with Crippen LogP contribution in [0.1, 0.15) is 25.5 Å². The average Bonchev–Trinajstić information content (AvgIpc) is 2.37. The number of rotatable bonds is 5. The van der Waals surface area contributed by atoms with Gasteiger partial charge in [0.05, 0.1) is 5.25 Å². The number of primary amides is 1. The van der Waals surface area contributed by atoms with E-state index in [-0.39, 0.29) is 17.2 Å². The maximum Gasteiger partial charge on any atom is 0.318 e. The van der Waals surface area contributed by atoms with Gasteiger partial charge in [-0.15, -0.1) is 11.8 Å². The van der Waals surface area contributed by atoms with Gasteiger partial charge >= 0.3 is 6.03 Å². The number of carbonyl (C=O) groups excluding carboxylic acids is 2. The largest absolute Gasteiger partial charge is 0.351 e. The Morgan fingerprint density at radius 2 is 2.00 bits per heavy atom. The van der Waals surface area contributed by atoms with Gasteiger partial charge in [0.2, 0.25) is 5.91 Å². The van der Waals surface area contributed by atoms with E-state index in [1.807, 2.05) is 31.3 Å². The van der Waals surface area contributed by atoms with Gasteiger partial charge in [-0.05, 0) is 38.6 Å². The minimum absolute atomic E-state index is 0.246. The maximum atomic E-state index is 11.6. The highest BCUT2D eigenvalue weighted by Gasteiger charge is 2.16. The maximum absolute atomic E-state index is 11.6. The second kappa shape index (κ2) is 7.16. The normalized spacial score (nSPS) is 13.6. The number of hydrogen-bond donors (Lipinski definition) is 3. The molecule has 1 rings (SSSR count). The highest BCUT2D eigenvalue weighted by Crippen LogP contribution is 2.26. The summed E-state index contributed by atoms with van der Waals surface area (Å²) in [5, 5.41) is 4.86. The van der Waals surface area contributed by atoms with Gasteiger partial charge in [0, 0.05) is 10.9 Å². The molecule has 4 N–H and O–H groups in total. The molecule has 0 heterocycles. The highest BCUT2D eigenvalue weighted by molar-refractivity contribution is 8.00. The van der Waals surface area contributed by atoms with Crippen LogP contribution in [-0.2, 0) is 4.79 Å². The number of benzene rings is 1. The van der Waals surface area contributed by atoms with Crippen molar-refractivity contribution in [1.82, 2.24) is 10.6 Å². The van der Waals surface area contributed by atoms with Crippen molar-refractivity contribution in [1.29, 1.82) is 0 Å². The summed E-state index contributed by atoms with van der Waals surface area (Å²) in [7, 11) is 1.90. The van der Waals surface area contributed by atoms with Crippen molar-refractivity contribution >= 4 is 23.7 Å². The van der Waals surface area contributed by atoms with Crippen LogP contribution >= 0.6 is 11.8 Å². The van der Waals surface area contributed by atoms with Crippen molar-refractivity contribution in [3.63, 3.8) is 0 Å². The van der Waals surface area contributed by atoms with E-state index < -0.39 is 6.03 Å². The number of hydrogen-bond acceptors (Lipinski definition) is 4. The quantitative estimate of drug-likeness (QED) is 0.716. The fourth-order valence-corrected chi connectivity index (χ4v) is 2.44. The van der Waals surface area contributed by atoms with E-state index in [4.69, 9.17) is 5.73 Å². The van der Waals surface area contributed by atoms with Crippen molar-refractivity contribution in [2.24, 2.45) is 5.73 Å². The van der Waals surface area contributed by atoms with Gasteiger partial charge in [-0.25, -0.2) is 4.79 Å². The van der Waals surface area contributed by atoms with Gasteiger partial charge in [0.25, 0.3) is 0 Å². The summed E-state index contributed by atoms with van der Waals surface area (Å²) in [6.45, 7) is 3.80. The van der Waals surface area contributed by atoms with Gasteiger partial charge in [0.1, 0.15) is 0 Å². The molecule has 0 aliphatic carbocycles. The van der Waals surface area contributed by atoms with E-state index in [0.717, 1.165) is 10.5 Å². The lowest BCUT2D eigenvalue weighted by Crippen LogP contribution is -2.39. The van der Waals surface area contributed by atoms with Crippen LogP contribution in [0.3, 0.4) is 0 Å². The van der Waals surface area contributed by atoms with Crippen molar-refractivity contribution < 1.29 is 9.59 Å². The summed E-state index contributed by atoms with van der Waals surface area (Å²) in [5.41, 5.74) is 6.07. The van der Waals surface area contributed by atoms with Gasteiger partial charge in [-0.1, -0.05) is 12.1 Å². The first-order chi connectivity index (χ1) is 8.93. The van der Waals surface area contributed by atoms with Crippen LogP contribution in [0, 0.1) is 0 Å². The molecule has 0 aliphatic heterocycles. The number of carbonyl (C=O) groups is 2. The first kappa shape index (κ1) is 15.5. The Hall–Kier alpha value is -1.53. The van der Waals surface area contributed by atoms with Crippen LogP contribution in [0.25, 0.3) is 0 Å². The summed E-state index contributed by atoms with van der Waals surface area (Å²) in [6.07, 6.45) is 0. The second-order valence-corrected chi connectivity index (χ2v) is 5.61. The van der Waals surface area contributed by atoms with E-state index in [2.05, 4.69) is 17.6 Å². The fraction of sp³-hybridized carbons (Fsp3) is 0.385. The molecule has 6 heteroatoms. The third kappa shape index (κ3) is 4.92. The predicted molar refractivity (Wildman–Crippen MR) is 77.0 cm³/mol. The number of thioether (sulfide) groups is 1. The van der Waals surface area contributed by atoms with Gasteiger partial charge in [-0.3, -0.25) is 10.1 Å². The van der Waals surface area contributed by atoms with Crippen molar-refractivity contribution in [3.05, 3.63) is 29.8 Å². The summed E-state index contributed by atoms with van der Waals surface area (Å²) in [4.78, 5) is 23.2. The molecule has 0 aromatic heterocycles. The average molecular weight is 281 g/mol. The fourth-order valence-electron chi connectivity index (χ4n) is 1.50. The van der Waals surface area contributed by atoms with E-state index in [1.165, 1.54) is 11.8 Å². The number of imide groups is 1. The Labute approximate surface area is 117 Å². The Bertz CT molecular complexity index is 465. The Morgan fingerprint density at radius 3 is 2.58 bits per heavy atom. The summed E-state index contributed by atoms with van der Waals surface area (Å²) in [5.74, 6) is -0.385. The Morgan fingerprint density at radius 1 is 1.32 bits per heavy atom. The third-order valence-corrected chi connectivity index (χ3v) is 3.81. The van der Waals surface area contributed by atoms with E-state index in [1.54, 1.807) is 6.92 Å². The molecular weight excluding hydrogens is 262 g/mol. The van der Waals surface area contributed by atoms with E-state index in [0.29, 0.717) is 0 Å². The molecule has 104 valence electrons. The van der Waals surface area contributed by atoms with Gasteiger partial charge in [-0.2, -0.15) is 0 Å². The summed E-state index contributed by atoms with van der Waals surface area (Å²) in [6, 6.07) is 7.36. The molecular formula is C13H19N3O2S. The lowest BCUT2D eigenvalue weighted by atomic mass is 10.1. The first-order valence-corrected chi connectivity index (χ1v) is 6.86. The molecule has 2 atom stereocenters. The minimum Gasteiger partial charge on any atom is -0.351 e. The molecule has 19 heavy (non-hydrogen) atoms. The number of amides is 3. The zero-order valence-electron chi connectivity index (χ0n) is 11.3. The Balaban J connectivity index is 2.71. The number of urea groups is 1. The molecule has 0 radical (unpaired) electrons. The van der Waals surface area contributed by atoms with Crippen molar-refractivity contribution in [2.45, 2.75) is 30.0 Å². The molecule has 2 unspecified atom stereocenters. The molecule has 1 aromatic rings. The SMILES string of the molecule is CNC(C)c1cccc(SC(C)C(=O)NC(N)=O)c1. The molecule has 1 aromatic carbocycles. The lowest BCUT2D eigenvalue weighted by molar-refractivity contribution is -0.119. The van der Waals surface area contributed by atoms with Crippen LogP contribution < -0.4 is 16.4 Å². The molecule has 0 saturated carbocycles. The molecule has 0 saturated heterocycles. The zero-order valence-corrected chi connectivity index (χ0v) is 12.1. The van der Waals surface area contributed by atoms with Crippen molar-refractivity contribution in [2.75, 3.05) is 7.05 Å². The molecule has 3 amide bonds. The standard InChI is InChI=1S/C13H19N3O2S/c1-8(15-3)10-5-4-6-11(7-10)19-9(2)12(17)16-13(14)18/h4-9,15H,1-3H3,(H3,14,16,17,18). The number of nitrogens with one attached hydrogen (secondary N) is 2. The van der Waals surface area contributed by atoms with Gasteiger partial charge in [0.15, 0.2) is 0 Å². The second-order valence-electron chi connectivity index (χ2n) is 4.20. The highest BCUT2D eigenvalue weighted by atomic mass is 32.2. The van der Waals surface area contributed by atoms with Crippen LogP contribution in [0.5, 0.6) is 0 Å². The van der Waals surface area contributed by atoms with Gasteiger partial charge < -0.3 is 11.1 Å². The molecule has 5 nitrogen and oxygen atoms in total. The van der Waals surface area contributed by atoms with Crippen molar-refractivity contribution in [3.8, 4) is 0 Å². The smallest absolute Gasteiger partial charge is 0.318 e. The van der Waals surface area contributed by atoms with Crippen LogP contribution in [-0.4, -0.2) is 24.2 Å². The van der Waals surface area contributed by atoms with Crippen LogP contribution in [0.4, 0.5) is 4.79 Å². The third-order valence-electron chi connectivity index (χ3n) is 2.72. The molecule has 0 bridgehead atoms. The van der Waals surface area contributed by atoms with E-state index in [9.17, 15) is 9.59 Å². The zero-order chi connectivity index (χ0) is 14.4. The van der Waals surface area contributed by atoms with E-state index >= 15 is 0 Å². The molecule has 0 aliphatic rings. The summed E-state index contributed by atoms with van der Waals surface area (Å²) >= 11 is 1.39. The first-order valence-electron chi connectivity index (χ1n) is 5.98. The monoisotopic (exact) mass is 281 g/mol. The lowest BCUT2D eigenvalue weighted by Gasteiger charge is -2.14. The predicted octanol–water partition coefficient (Wildman–Crippen LogP) is 1.64. The topological polar surface area (TPSA) is 84.2 Å². The summed E-state index contributed by atoms with van der Waals surface area (Å²) < 4.78 is 0. The van der Waals surface area contributed by atoms with Crippen LogP contribution in [0.2, 0.25) is 0 Å². The molecule has 0 spiro atoms.